The zero-order chi connectivity index (χ0) is 15.2. The van der Waals surface area contributed by atoms with Crippen LogP contribution in [0.4, 0.5) is 0 Å². The van der Waals surface area contributed by atoms with Crippen LogP contribution in [0.5, 0.6) is 0 Å². The summed E-state index contributed by atoms with van der Waals surface area (Å²) in [6.45, 7) is 4.49. The van der Waals surface area contributed by atoms with Gasteiger partial charge in [0.2, 0.25) is 10.0 Å². The lowest BCUT2D eigenvalue weighted by Crippen LogP contribution is -2.35. The van der Waals surface area contributed by atoms with Crippen LogP contribution < -0.4 is 4.72 Å². The first-order valence-corrected chi connectivity index (χ1v) is 8.60. The van der Waals surface area contributed by atoms with Gasteiger partial charge in [-0.25, -0.2) is 18.1 Å². The number of halogens is 2. The molecule has 0 amide bonds. The fourth-order valence-electron chi connectivity index (χ4n) is 1.35. The summed E-state index contributed by atoms with van der Waals surface area (Å²) >= 11 is 8.86. The summed E-state index contributed by atoms with van der Waals surface area (Å²) in [5.74, 6) is 0. The van der Waals surface area contributed by atoms with E-state index in [9.17, 15) is 8.42 Å². The Kier molecular flexibility index (Phi) is 7.35. The number of ether oxygens (including phenoxy) is 2. The van der Waals surface area contributed by atoms with Crippen molar-refractivity contribution in [3.05, 3.63) is 21.9 Å². The van der Waals surface area contributed by atoms with Crippen LogP contribution in [0.25, 0.3) is 0 Å². The van der Waals surface area contributed by atoms with Gasteiger partial charge in [-0.2, -0.15) is 0 Å². The van der Waals surface area contributed by atoms with E-state index in [1.807, 2.05) is 0 Å². The first-order valence-electron chi connectivity index (χ1n) is 5.94. The molecule has 6 nitrogen and oxygen atoms in total. The molecule has 0 aliphatic rings. The van der Waals surface area contributed by atoms with E-state index in [1.54, 1.807) is 13.8 Å². The highest BCUT2D eigenvalue weighted by Gasteiger charge is 2.18. The van der Waals surface area contributed by atoms with Gasteiger partial charge in [-0.1, -0.05) is 11.6 Å². The molecule has 1 N–H and O–H groups in total. The maximum absolute atomic E-state index is 12.1. The maximum Gasteiger partial charge on any atom is 0.242 e. The lowest BCUT2D eigenvalue weighted by molar-refractivity contribution is -0.130. The largest absolute Gasteiger partial charge is 0.352 e. The normalized spacial score (nSPS) is 12.1. The number of sulfonamides is 1. The summed E-state index contributed by atoms with van der Waals surface area (Å²) in [7, 11) is -3.69. The van der Waals surface area contributed by atoms with Crippen LogP contribution in [-0.2, 0) is 19.5 Å². The van der Waals surface area contributed by atoms with Gasteiger partial charge in [0.25, 0.3) is 0 Å². The summed E-state index contributed by atoms with van der Waals surface area (Å²) in [5, 5.41) is 0.199. The summed E-state index contributed by atoms with van der Waals surface area (Å²) in [6.07, 6.45) is 0.565. The van der Waals surface area contributed by atoms with E-state index in [-0.39, 0.29) is 16.6 Å². The third-order valence-corrected chi connectivity index (χ3v) is 4.75. The second-order valence-electron chi connectivity index (χ2n) is 3.64. The quantitative estimate of drug-likeness (QED) is 0.546. The van der Waals surface area contributed by atoms with Crippen LogP contribution in [0.3, 0.4) is 0 Å². The monoisotopic (exact) mass is 386 g/mol. The van der Waals surface area contributed by atoms with Gasteiger partial charge in [0.05, 0.1) is 11.0 Å². The lowest BCUT2D eigenvalue weighted by Gasteiger charge is -2.17. The third-order valence-electron chi connectivity index (χ3n) is 2.23. The first kappa shape index (κ1) is 17.8. The minimum Gasteiger partial charge on any atom is -0.352 e. The van der Waals surface area contributed by atoms with Crippen molar-refractivity contribution in [2.45, 2.75) is 25.0 Å². The minimum absolute atomic E-state index is 0.0144. The molecule has 0 atom stereocenters. The van der Waals surface area contributed by atoms with Crippen molar-refractivity contribution in [2.24, 2.45) is 0 Å². The molecule has 0 unspecified atom stereocenters. The van der Waals surface area contributed by atoms with Crippen molar-refractivity contribution in [3.63, 3.8) is 0 Å². The van der Waals surface area contributed by atoms with E-state index in [2.05, 4.69) is 25.6 Å². The Bertz CT molecular complexity index is 535. The smallest absolute Gasteiger partial charge is 0.242 e. The third kappa shape index (κ3) is 5.27. The molecule has 0 spiro atoms. The second kappa shape index (κ2) is 8.26. The molecule has 1 heterocycles. The Morgan fingerprint density at radius 1 is 1.40 bits per heavy atom. The van der Waals surface area contributed by atoms with Crippen molar-refractivity contribution < 1.29 is 17.9 Å². The Balaban J connectivity index is 2.75. The van der Waals surface area contributed by atoms with Gasteiger partial charge >= 0.3 is 0 Å². The molecule has 0 fully saturated rings. The van der Waals surface area contributed by atoms with Gasteiger partial charge in [-0.15, -0.1) is 0 Å². The number of hydrogen-bond donors (Lipinski definition) is 1. The Hall–Kier alpha value is -0.250. The predicted molar refractivity (Wildman–Crippen MR) is 79.2 cm³/mol. The number of nitrogens with one attached hydrogen (secondary N) is 1. The van der Waals surface area contributed by atoms with Crippen molar-refractivity contribution in [2.75, 3.05) is 19.8 Å². The van der Waals surface area contributed by atoms with Crippen molar-refractivity contribution in [3.8, 4) is 0 Å². The molecule has 1 aromatic rings. The van der Waals surface area contributed by atoms with E-state index in [0.29, 0.717) is 17.7 Å². The van der Waals surface area contributed by atoms with E-state index in [1.165, 1.54) is 12.3 Å². The van der Waals surface area contributed by atoms with Crippen LogP contribution >= 0.6 is 27.5 Å². The molecule has 0 saturated heterocycles. The molecule has 0 aliphatic heterocycles. The molecule has 1 rings (SSSR count). The summed E-state index contributed by atoms with van der Waals surface area (Å²) in [4.78, 5) is 3.80. The summed E-state index contributed by atoms with van der Waals surface area (Å²) in [6, 6.07) is 1.38. The molecular formula is C11H16BrClN2O4S. The van der Waals surface area contributed by atoms with E-state index in [4.69, 9.17) is 21.1 Å². The molecule has 20 heavy (non-hydrogen) atoms. The molecule has 114 valence electrons. The van der Waals surface area contributed by atoms with Gasteiger partial charge in [0, 0.05) is 19.4 Å². The number of hydrogen-bond acceptors (Lipinski definition) is 5. The lowest BCUT2D eigenvalue weighted by atomic mass is 10.5. The van der Waals surface area contributed by atoms with Crippen LogP contribution in [-0.4, -0.2) is 39.5 Å². The first-order chi connectivity index (χ1) is 9.40. The van der Waals surface area contributed by atoms with Gasteiger partial charge in [-0.3, -0.25) is 0 Å². The van der Waals surface area contributed by atoms with Crippen molar-refractivity contribution in [1.29, 1.82) is 0 Å². The average Bonchev–Trinajstić information content (AvgIpc) is 2.39. The van der Waals surface area contributed by atoms with Gasteiger partial charge < -0.3 is 9.47 Å². The topological polar surface area (TPSA) is 77.5 Å². The molecule has 0 radical (unpaired) electrons. The highest BCUT2D eigenvalue weighted by molar-refractivity contribution is 9.10. The number of pyridine rings is 1. The van der Waals surface area contributed by atoms with Crippen LogP contribution in [0.15, 0.2) is 21.6 Å². The van der Waals surface area contributed by atoms with Crippen molar-refractivity contribution in [1.82, 2.24) is 9.71 Å². The maximum atomic E-state index is 12.1. The fourth-order valence-corrected chi connectivity index (χ4v) is 2.94. The number of nitrogens with zero attached hydrogens (tertiary/aromatic N) is 1. The fraction of sp³-hybridized carbons (Fsp3) is 0.545. The van der Waals surface area contributed by atoms with Crippen molar-refractivity contribution >= 4 is 37.6 Å². The predicted octanol–water partition coefficient (Wildman–Crippen LogP) is 2.17. The molecule has 0 aromatic carbocycles. The SMILES string of the molecule is CCOC(CNS(=O)(=O)c1cnc(Cl)c(Br)c1)OCC. The molecule has 1 aromatic heterocycles. The molecule has 0 bridgehead atoms. The minimum atomic E-state index is -3.69. The standard InChI is InChI=1S/C11H16BrClN2O4S/c1-3-18-10(19-4-2)7-15-20(16,17)8-5-9(12)11(13)14-6-8/h5-6,10,15H,3-4,7H2,1-2H3. The zero-order valence-electron chi connectivity index (χ0n) is 11.1. The summed E-state index contributed by atoms with van der Waals surface area (Å²) in [5.41, 5.74) is 0. The van der Waals surface area contributed by atoms with E-state index in [0.717, 1.165) is 0 Å². The Morgan fingerprint density at radius 2 is 2.00 bits per heavy atom. The summed E-state index contributed by atoms with van der Waals surface area (Å²) < 4.78 is 37.5. The second-order valence-corrected chi connectivity index (χ2v) is 6.62. The average molecular weight is 388 g/mol. The molecule has 0 aliphatic carbocycles. The van der Waals surface area contributed by atoms with Crippen LogP contribution in [0.1, 0.15) is 13.8 Å². The van der Waals surface area contributed by atoms with Crippen LogP contribution in [0, 0.1) is 0 Å². The number of aromatic nitrogens is 1. The highest BCUT2D eigenvalue weighted by Crippen LogP contribution is 2.22. The van der Waals surface area contributed by atoms with Crippen LogP contribution in [0.2, 0.25) is 5.15 Å². The highest BCUT2D eigenvalue weighted by atomic mass is 79.9. The van der Waals surface area contributed by atoms with E-state index < -0.39 is 16.3 Å². The molecule has 9 heteroatoms. The van der Waals surface area contributed by atoms with Gasteiger partial charge in [0.1, 0.15) is 10.0 Å². The molecule has 0 saturated carbocycles. The van der Waals surface area contributed by atoms with Gasteiger partial charge in [0.15, 0.2) is 6.29 Å². The Labute approximate surface area is 132 Å². The molecular weight excluding hydrogens is 372 g/mol. The zero-order valence-corrected chi connectivity index (χ0v) is 14.3. The van der Waals surface area contributed by atoms with E-state index >= 15 is 0 Å². The van der Waals surface area contributed by atoms with Gasteiger partial charge in [-0.05, 0) is 35.8 Å². The Morgan fingerprint density at radius 3 is 2.50 bits per heavy atom. The number of rotatable bonds is 8.